The smallest absolute Gasteiger partial charge is 0.325 e. The molecule has 0 aliphatic carbocycles. The number of aryl methyl sites for hydroxylation is 1. The molecule has 0 spiro atoms. The van der Waals surface area contributed by atoms with E-state index in [1.54, 1.807) is 25.0 Å². The molecule has 1 rings (SSSR count). The number of nitrogens with zero attached hydrogens (tertiary/aromatic N) is 2. The van der Waals surface area contributed by atoms with Crippen molar-refractivity contribution < 1.29 is 9.90 Å². The molecule has 12 heavy (non-hydrogen) atoms. The van der Waals surface area contributed by atoms with Gasteiger partial charge in [0.2, 0.25) is 0 Å². The van der Waals surface area contributed by atoms with Crippen molar-refractivity contribution in [1.29, 1.82) is 0 Å². The first-order valence-corrected chi connectivity index (χ1v) is 3.53. The van der Waals surface area contributed by atoms with Crippen molar-refractivity contribution >= 4 is 5.97 Å². The summed E-state index contributed by atoms with van der Waals surface area (Å²) >= 11 is 0. The number of nitrogens with one attached hydrogen (secondary N) is 1. The summed E-state index contributed by atoms with van der Waals surface area (Å²) in [5.41, 5.74) is 0.660. The molecule has 1 heterocycles. The normalized spacial score (nSPS) is 12.8. The standard InChI is InChI=1S/C7H11N3O2/c1-8-6(7(11)12)5-3-9-10(2)4-5/h3-4,6,8H,1-2H3,(H,11,12)/t6-/m0/s1. The van der Waals surface area contributed by atoms with Crippen molar-refractivity contribution in [2.45, 2.75) is 6.04 Å². The van der Waals surface area contributed by atoms with E-state index in [1.165, 1.54) is 6.20 Å². The third-order valence-electron chi connectivity index (χ3n) is 1.59. The van der Waals surface area contributed by atoms with Crippen LogP contribution in [-0.4, -0.2) is 27.9 Å². The van der Waals surface area contributed by atoms with Gasteiger partial charge in [-0.05, 0) is 7.05 Å². The summed E-state index contributed by atoms with van der Waals surface area (Å²) in [6.07, 6.45) is 3.21. The zero-order valence-electron chi connectivity index (χ0n) is 6.98. The lowest BCUT2D eigenvalue weighted by atomic mass is 10.2. The Morgan fingerprint density at radius 2 is 2.50 bits per heavy atom. The van der Waals surface area contributed by atoms with Gasteiger partial charge in [-0.3, -0.25) is 9.48 Å². The van der Waals surface area contributed by atoms with E-state index in [0.717, 1.165) is 0 Å². The molecule has 1 atom stereocenters. The Morgan fingerprint density at radius 1 is 1.83 bits per heavy atom. The van der Waals surface area contributed by atoms with Crippen LogP contribution in [0.15, 0.2) is 12.4 Å². The van der Waals surface area contributed by atoms with Gasteiger partial charge in [-0.25, -0.2) is 0 Å². The van der Waals surface area contributed by atoms with E-state index >= 15 is 0 Å². The number of rotatable bonds is 3. The highest BCUT2D eigenvalue weighted by molar-refractivity contribution is 5.75. The molecule has 0 fully saturated rings. The first kappa shape index (κ1) is 8.73. The monoisotopic (exact) mass is 169 g/mol. The predicted octanol–water partition coefficient (Wildman–Crippen LogP) is -0.235. The molecule has 0 unspecified atom stereocenters. The summed E-state index contributed by atoms with van der Waals surface area (Å²) in [6.45, 7) is 0. The Hall–Kier alpha value is -1.36. The largest absolute Gasteiger partial charge is 0.480 e. The van der Waals surface area contributed by atoms with Gasteiger partial charge < -0.3 is 10.4 Å². The number of likely N-dealkylation sites (N-methyl/N-ethyl adjacent to an activating group) is 1. The Bertz CT molecular complexity index is 282. The van der Waals surface area contributed by atoms with Crippen LogP contribution in [0.25, 0.3) is 0 Å². The molecular formula is C7H11N3O2. The van der Waals surface area contributed by atoms with Crippen LogP contribution in [0.5, 0.6) is 0 Å². The quantitative estimate of drug-likeness (QED) is 0.655. The van der Waals surface area contributed by atoms with Crippen molar-refractivity contribution in [3.05, 3.63) is 18.0 Å². The second-order valence-corrected chi connectivity index (χ2v) is 2.51. The molecule has 0 bridgehead atoms. The van der Waals surface area contributed by atoms with Gasteiger partial charge in [0, 0.05) is 18.8 Å². The van der Waals surface area contributed by atoms with Gasteiger partial charge in [0.1, 0.15) is 6.04 Å². The number of carboxylic acids is 1. The molecule has 0 radical (unpaired) electrons. The Balaban J connectivity index is 2.87. The van der Waals surface area contributed by atoms with Crippen molar-refractivity contribution in [2.75, 3.05) is 7.05 Å². The van der Waals surface area contributed by atoms with Gasteiger partial charge >= 0.3 is 5.97 Å². The molecule has 2 N–H and O–H groups in total. The Labute approximate surface area is 70.0 Å². The summed E-state index contributed by atoms with van der Waals surface area (Å²) in [6, 6.07) is -0.668. The van der Waals surface area contributed by atoms with E-state index in [4.69, 9.17) is 5.11 Å². The minimum atomic E-state index is -0.898. The fourth-order valence-corrected chi connectivity index (χ4v) is 1.02. The first-order chi connectivity index (χ1) is 5.65. The number of carboxylic acid groups (broad SMARTS) is 1. The van der Waals surface area contributed by atoms with E-state index in [1.807, 2.05) is 0 Å². The molecule has 5 heteroatoms. The van der Waals surface area contributed by atoms with Crippen LogP contribution in [0.4, 0.5) is 0 Å². The molecule has 0 aliphatic rings. The summed E-state index contributed by atoms with van der Waals surface area (Å²) in [5.74, 6) is -0.898. The summed E-state index contributed by atoms with van der Waals surface area (Å²) < 4.78 is 1.57. The van der Waals surface area contributed by atoms with Gasteiger partial charge in [-0.15, -0.1) is 0 Å². The molecule has 0 amide bonds. The Morgan fingerprint density at radius 3 is 2.83 bits per heavy atom. The summed E-state index contributed by atoms with van der Waals surface area (Å²) in [4.78, 5) is 10.6. The van der Waals surface area contributed by atoms with Crippen molar-refractivity contribution in [1.82, 2.24) is 15.1 Å². The third-order valence-corrected chi connectivity index (χ3v) is 1.59. The average molecular weight is 169 g/mol. The fraction of sp³-hybridized carbons (Fsp3) is 0.429. The topological polar surface area (TPSA) is 67.2 Å². The van der Waals surface area contributed by atoms with Crippen LogP contribution in [0, 0.1) is 0 Å². The van der Waals surface area contributed by atoms with E-state index < -0.39 is 12.0 Å². The summed E-state index contributed by atoms with van der Waals surface area (Å²) in [5, 5.41) is 15.3. The minimum absolute atomic E-state index is 0.660. The maximum atomic E-state index is 10.6. The lowest BCUT2D eigenvalue weighted by Gasteiger charge is -2.06. The zero-order valence-corrected chi connectivity index (χ0v) is 6.98. The molecule has 66 valence electrons. The molecule has 5 nitrogen and oxygen atoms in total. The molecule has 1 aromatic heterocycles. The van der Waals surface area contributed by atoms with E-state index in [2.05, 4.69) is 10.4 Å². The lowest BCUT2D eigenvalue weighted by Crippen LogP contribution is -2.24. The number of carbonyl (C=O) groups is 1. The lowest BCUT2D eigenvalue weighted by molar-refractivity contribution is -0.139. The molecule has 0 aliphatic heterocycles. The van der Waals surface area contributed by atoms with Gasteiger partial charge in [0.05, 0.1) is 6.20 Å². The van der Waals surface area contributed by atoms with Crippen LogP contribution in [0.2, 0.25) is 0 Å². The highest BCUT2D eigenvalue weighted by Crippen LogP contribution is 2.10. The highest BCUT2D eigenvalue weighted by Gasteiger charge is 2.18. The third kappa shape index (κ3) is 1.62. The van der Waals surface area contributed by atoms with Gasteiger partial charge in [-0.2, -0.15) is 5.10 Å². The molecule has 0 saturated heterocycles. The van der Waals surface area contributed by atoms with Crippen LogP contribution in [0.3, 0.4) is 0 Å². The van der Waals surface area contributed by atoms with Crippen molar-refractivity contribution in [3.8, 4) is 0 Å². The zero-order chi connectivity index (χ0) is 9.14. The SMILES string of the molecule is CN[C@H](C(=O)O)c1cnn(C)c1. The number of hydrogen-bond acceptors (Lipinski definition) is 3. The van der Waals surface area contributed by atoms with E-state index in [0.29, 0.717) is 5.56 Å². The predicted molar refractivity (Wildman–Crippen MR) is 42.6 cm³/mol. The fourth-order valence-electron chi connectivity index (χ4n) is 1.02. The molecule has 1 aromatic rings. The highest BCUT2D eigenvalue weighted by atomic mass is 16.4. The van der Waals surface area contributed by atoms with E-state index in [9.17, 15) is 4.79 Å². The van der Waals surface area contributed by atoms with Gasteiger partial charge in [-0.1, -0.05) is 0 Å². The minimum Gasteiger partial charge on any atom is -0.480 e. The van der Waals surface area contributed by atoms with Gasteiger partial charge in [0.15, 0.2) is 0 Å². The number of aliphatic carboxylic acids is 1. The maximum absolute atomic E-state index is 10.6. The Kier molecular flexibility index (Phi) is 2.44. The second-order valence-electron chi connectivity index (χ2n) is 2.51. The van der Waals surface area contributed by atoms with Crippen molar-refractivity contribution in [2.24, 2.45) is 7.05 Å². The van der Waals surface area contributed by atoms with Crippen molar-refractivity contribution in [3.63, 3.8) is 0 Å². The number of aromatic nitrogens is 2. The number of hydrogen-bond donors (Lipinski definition) is 2. The average Bonchev–Trinajstić information content (AvgIpc) is 2.37. The van der Waals surface area contributed by atoms with E-state index in [-0.39, 0.29) is 0 Å². The van der Waals surface area contributed by atoms with Crippen LogP contribution in [-0.2, 0) is 11.8 Å². The van der Waals surface area contributed by atoms with Crippen LogP contribution in [0.1, 0.15) is 11.6 Å². The van der Waals surface area contributed by atoms with Crippen LogP contribution < -0.4 is 5.32 Å². The molecular weight excluding hydrogens is 158 g/mol. The molecule has 0 saturated carbocycles. The summed E-state index contributed by atoms with van der Waals surface area (Å²) in [7, 11) is 3.35. The second kappa shape index (κ2) is 3.36. The van der Waals surface area contributed by atoms with Gasteiger partial charge in [0.25, 0.3) is 0 Å². The maximum Gasteiger partial charge on any atom is 0.325 e. The first-order valence-electron chi connectivity index (χ1n) is 3.53. The molecule has 0 aromatic carbocycles. The van der Waals surface area contributed by atoms with Crippen LogP contribution >= 0.6 is 0 Å².